The molecule has 0 bridgehead atoms. The molecule has 1 unspecified atom stereocenters. The zero-order valence-corrected chi connectivity index (χ0v) is 12.7. The van der Waals surface area contributed by atoms with E-state index in [1.54, 1.807) is 6.07 Å². The fourth-order valence-electron chi connectivity index (χ4n) is 3.01. The molecule has 5 heteroatoms. The van der Waals surface area contributed by atoms with Gasteiger partial charge in [0, 0.05) is 18.5 Å². The zero-order chi connectivity index (χ0) is 15.1. The van der Waals surface area contributed by atoms with Gasteiger partial charge in [-0.25, -0.2) is 9.78 Å². The molecule has 5 nitrogen and oxygen atoms in total. The van der Waals surface area contributed by atoms with Crippen molar-refractivity contribution in [3.63, 3.8) is 0 Å². The van der Waals surface area contributed by atoms with Crippen molar-refractivity contribution in [2.45, 2.75) is 31.7 Å². The van der Waals surface area contributed by atoms with E-state index >= 15 is 0 Å². The van der Waals surface area contributed by atoms with E-state index in [-0.39, 0.29) is 6.04 Å². The second-order valence-electron chi connectivity index (χ2n) is 6.20. The second-order valence-corrected chi connectivity index (χ2v) is 6.20. The molecule has 1 atom stereocenters. The number of aromatic nitrogens is 2. The lowest BCUT2D eigenvalue weighted by molar-refractivity contribution is 0.0699. The highest BCUT2D eigenvalue weighted by molar-refractivity contribution is 6.01. The molecule has 1 heterocycles. The monoisotopic (exact) mass is 287 g/mol. The van der Waals surface area contributed by atoms with Crippen molar-refractivity contribution in [3.05, 3.63) is 29.6 Å². The lowest BCUT2D eigenvalue weighted by Gasteiger charge is -2.21. The lowest BCUT2D eigenvalue weighted by Crippen LogP contribution is -2.23. The van der Waals surface area contributed by atoms with Crippen molar-refractivity contribution in [2.24, 2.45) is 0 Å². The third kappa shape index (κ3) is 2.53. The Kier molecular flexibility index (Phi) is 3.45. The Morgan fingerprint density at radius 1 is 1.48 bits per heavy atom. The van der Waals surface area contributed by atoms with E-state index in [9.17, 15) is 9.90 Å². The van der Waals surface area contributed by atoms with Crippen LogP contribution in [0.3, 0.4) is 0 Å². The first-order chi connectivity index (χ1) is 9.99. The number of carboxylic acids is 1. The Morgan fingerprint density at radius 3 is 2.76 bits per heavy atom. The van der Waals surface area contributed by atoms with Crippen LogP contribution in [0.25, 0.3) is 11.0 Å². The van der Waals surface area contributed by atoms with Gasteiger partial charge >= 0.3 is 5.97 Å². The van der Waals surface area contributed by atoms with Gasteiger partial charge in [-0.15, -0.1) is 0 Å². The molecule has 1 aliphatic carbocycles. The van der Waals surface area contributed by atoms with Crippen LogP contribution in [0.15, 0.2) is 18.2 Å². The number of nitrogens with zero attached hydrogens (tertiary/aromatic N) is 3. The molecular formula is C16H21N3O2. The average Bonchev–Trinajstić information content (AvgIpc) is 3.17. The number of rotatable bonds is 5. The van der Waals surface area contributed by atoms with E-state index < -0.39 is 5.97 Å². The molecule has 0 saturated heterocycles. The summed E-state index contributed by atoms with van der Waals surface area (Å²) < 4.78 is 2.24. The van der Waals surface area contributed by atoms with Gasteiger partial charge in [-0.05, 0) is 46.0 Å². The van der Waals surface area contributed by atoms with Gasteiger partial charge in [0.2, 0.25) is 0 Å². The molecule has 112 valence electrons. The highest BCUT2D eigenvalue weighted by Crippen LogP contribution is 2.42. The summed E-state index contributed by atoms with van der Waals surface area (Å²) in [6, 6.07) is 5.69. The van der Waals surface area contributed by atoms with E-state index in [4.69, 9.17) is 0 Å². The first-order valence-electron chi connectivity index (χ1n) is 7.38. The predicted molar refractivity (Wildman–Crippen MR) is 81.9 cm³/mol. The maximum absolute atomic E-state index is 11.4. The van der Waals surface area contributed by atoms with E-state index in [0.717, 1.165) is 30.7 Å². The van der Waals surface area contributed by atoms with Gasteiger partial charge in [-0.1, -0.05) is 6.07 Å². The summed E-state index contributed by atoms with van der Waals surface area (Å²) in [6.07, 6.45) is 2.31. The van der Waals surface area contributed by atoms with Gasteiger partial charge in [0.1, 0.15) is 11.3 Å². The van der Waals surface area contributed by atoms with Gasteiger partial charge in [-0.3, -0.25) is 0 Å². The topological polar surface area (TPSA) is 58.4 Å². The number of aromatic carboxylic acids is 1. The summed E-state index contributed by atoms with van der Waals surface area (Å²) >= 11 is 0. The molecule has 1 fully saturated rings. The Morgan fingerprint density at radius 2 is 2.19 bits per heavy atom. The Labute approximate surface area is 124 Å². The van der Waals surface area contributed by atoms with Gasteiger partial charge in [0.05, 0.1) is 11.1 Å². The maximum atomic E-state index is 11.4. The van der Waals surface area contributed by atoms with E-state index in [0.29, 0.717) is 17.0 Å². The van der Waals surface area contributed by atoms with Crippen LogP contribution in [-0.2, 0) is 0 Å². The fourth-order valence-corrected chi connectivity index (χ4v) is 3.01. The molecule has 2 aromatic rings. The van der Waals surface area contributed by atoms with Crippen LogP contribution >= 0.6 is 0 Å². The van der Waals surface area contributed by atoms with Gasteiger partial charge in [-0.2, -0.15) is 0 Å². The summed E-state index contributed by atoms with van der Waals surface area (Å²) in [5.74, 6) is 0.629. The van der Waals surface area contributed by atoms with Gasteiger partial charge < -0.3 is 14.6 Å². The molecule has 1 saturated carbocycles. The Hall–Kier alpha value is -1.88. The quantitative estimate of drug-likeness (QED) is 0.918. The summed E-state index contributed by atoms with van der Waals surface area (Å²) in [7, 11) is 4.10. The smallest absolute Gasteiger partial charge is 0.337 e. The molecule has 0 radical (unpaired) electrons. The molecule has 1 aliphatic rings. The van der Waals surface area contributed by atoms with Crippen molar-refractivity contribution < 1.29 is 9.90 Å². The predicted octanol–water partition coefficient (Wildman–Crippen LogP) is 2.73. The highest BCUT2D eigenvalue weighted by Gasteiger charge is 2.32. The van der Waals surface area contributed by atoms with E-state index in [1.165, 1.54) is 0 Å². The first-order valence-corrected chi connectivity index (χ1v) is 7.38. The number of likely N-dealkylation sites (N-methyl/N-ethyl adjacent to an activating group) is 1. The molecule has 3 rings (SSSR count). The van der Waals surface area contributed by atoms with Crippen LogP contribution in [0.2, 0.25) is 0 Å². The van der Waals surface area contributed by atoms with Crippen molar-refractivity contribution in [3.8, 4) is 0 Å². The SMILES string of the molecule is CC(CN(C)C)n1c(C2CC2)nc2c(C(=O)O)cccc21. The van der Waals surface area contributed by atoms with E-state index in [1.807, 2.05) is 12.1 Å². The van der Waals surface area contributed by atoms with Gasteiger partial charge in [0.15, 0.2) is 0 Å². The maximum Gasteiger partial charge on any atom is 0.337 e. The number of carbonyl (C=O) groups is 1. The van der Waals surface area contributed by atoms with Crippen molar-refractivity contribution in [1.29, 1.82) is 0 Å². The summed E-state index contributed by atoms with van der Waals surface area (Å²) in [5, 5.41) is 9.36. The largest absolute Gasteiger partial charge is 0.478 e. The van der Waals surface area contributed by atoms with Gasteiger partial charge in [0.25, 0.3) is 0 Å². The zero-order valence-electron chi connectivity index (χ0n) is 12.7. The average molecular weight is 287 g/mol. The molecule has 0 aliphatic heterocycles. The Bertz CT molecular complexity index is 686. The normalized spacial score (nSPS) is 16.6. The number of benzene rings is 1. The van der Waals surface area contributed by atoms with Crippen LogP contribution in [0.5, 0.6) is 0 Å². The molecule has 0 amide bonds. The summed E-state index contributed by atoms with van der Waals surface area (Å²) in [6.45, 7) is 3.07. The second kappa shape index (κ2) is 5.15. The molecule has 1 aromatic heterocycles. The third-order valence-corrected chi connectivity index (χ3v) is 3.99. The number of hydrogen-bond donors (Lipinski definition) is 1. The Balaban J connectivity index is 2.18. The standard InChI is InChI=1S/C16H21N3O2/c1-10(9-18(2)3)19-13-6-4-5-12(16(20)21)14(13)17-15(19)11-7-8-11/h4-6,10-11H,7-9H2,1-3H3,(H,20,21). The third-order valence-electron chi connectivity index (χ3n) is 3.99. The summed E-state index contributed by atoms with van der Waals surface area (Å²) in [5.41, 5.74) is 1.86. The first kappa shape index (κ1) is 14.1. The minimum atomic E-state index is -0.909. The molecule has 0 spiro atoms. The number of para-hydroxylation sites is 1. The number of hydrogen-bond acceptors (Lipinski definition) is 3. The van der Waals surface area contributed by atoms with Crippen LogP contribution in [0.4, 0.5) is 0 Å². The van der Waals surface area contributed by atoms with Crippen LogP contribution < -0.4 is 0 Å². The minimum absolute atomic E-state index is 0.268. The molecule has 1 aromatic carbocycles. The molecular weight excluding hydrogens is 266 g/mol. The van der Waals surface area contributed by atoms with Crippen LogP contribution in [0.1, 0.15) is 47.9 Å². The number of imidazole rings is 1. The van der Waals surface area contributed by atoms with Crippen molar-refractivity contribution in [1.82, 2.24) is 14.5 Å². The lowest BCUT2D eigenvalue weighted by atomic mass is 10.2. The summed E-state index contributed by atoms with van der Waals surface area (Å²) in [4.78, 5) is 18.2. The fraction of sp³-hybridized carbons (Fsp3) is 0.500. The highest BCUT2D eigenvalue weighted by atomic mass is 16.4. The van der Waals surface area contributed by atoms with Crippen LogP contribution in [-0.4, -0.2) is 46.2 Å². The number of fused-ring (bicyclic) bond motifs is 1. The minimum Gasteiger partial charge on any atom is -0.478 e. The van der Waals surface area contributed by atoms with Crippen LogP contribution in [0, 0.1) is 0 Å². The van der Waals surface area contributed by atoms with Crippen molar-refractivity contribution in [2.75, 3.05) is 20.6 Å². The molecule has 1 N–H and O–H groups in total. The van der Waals surface area contributed by atoms with Crippen molar-refractivity contribution >= 4 is 17.0 Å². The van der Waals surface area contributed by atoms with E-state index in [2.05, 4.69) is 35.5 Å². The molecule has 21 heavy (non-hydrogen) atoms. The number of carboxylic acid groups (broad SMARTS) is 1.